The Balaban J connectivity index is 1.94. The summed E-state index contributed by atoms with van der Waals surface area (Å²) < 4.78 is 7.33. The quantitative estimate of drug-likeness (QED) is 0.521. The fourth-order valence-electron chi connectivity index (χ4n) is 2.61. The van der Waals surface area contributed by atoms with Crippen molar-refractivity contribution in [2.45, 2.75) is 59.3 Å². The Bertz CT molecular complexity index is 826. The first-order valence-electron chi connectivity index (χ1n) is 9.44. The van der Waals surface area contributed by atoms with Gasteiger partial charge in [0.05, 0.1) is 23.1 Å². The molecule has 0 saturated carbocycles. The van der Waals surface area contributed by atoms with Gasteiger partial charge >= 0.3 is 5.97 Å². The van der Waals surface area contributed by atoms with Crippen molar-refractivity contribution in [1.82, 2.24) is 9.55 Å². The molecular weight excluding hydrogens is 374 g/mol. The monoisotopic (exact) mass is 403 g/mol. The Morgan fingerprint density at radius 3 is 2.36 bits per heavy atom. The minimum atomic E-state index is -0.369. The van der Waals surface area contributed by atoms with E-state index in [1.54, 1.807) is 38.1 Å². The van der Waals surface area contributed by atoms with Crippen LogP contribution in [0.5, 0.6) is 0 Å². The molecule has 0 atom stereocenters. The zero-order valence-corrected chi connectivity index (χ0v) is 18.2. The van der Waals surface area contributed by atoms with Crippen LogP contribution in [0.3, 0.4) is 0 Å². The van der Waals surface area contributed by atoms with Crippen molar-refractivity contribution in [1.29, 1.82) is 0 Å². The summed E-state index contributed by atoms with van der Waals surface area (Å²) in [6.07, 6.45) is -0.167. The maximum absolute atomic E-state index is 12.3. The number of nitrogens with one attached hydrogen (secondary N) is 1. The molecule has 6 nitrogen and oxygen atoms in total. The first-order chi connectivity index (χ1) is 13.2. The molecule has 1 amide bonds. The number of carbonyl (C=O) groups excluding carboxylic acids is 2. The van der Waals surface area contributed by atoms with Crippen LogP contribution >= 0.6 is 11.8 Å². The molecule has 0 fully saturated rings. The van der Waals surface area contributed by atoms with Crippen LogP contribution in [-0.4, -0.2) is 33.3 Å². The normalized spacial score (nSPS) is 11.1. The highest BCUT2D eigenvalue weighted by Gasteiger charge is 2.15. The molecule has 152 valence electrons. The Morgan fingerprint density at radius 1 is 1.14 bits per heavy atom. The van der Waals surface area contributed by atoms with Crippen LogP contribution in [0.2, 0.25) is 0 Å². The Morgan fingerprint density at radius 2 is 1.79 bits per heavy atom. The third-order valence-corrected chi connectivity index (χ3v) is 5.03. The third kappa shape index (κ3) is 6.12. The van der Waals surface area contributed by atoms with Crippen LogP contribution in [0.4, 0.5) is 5.69 Å². The van der Waals surface area contributed by atoms with Crippen LogP contribution in [-0.2, 0) is 16.1 Å². The van der Waals surface area contributed by atoms with E-state index in [1.165, 1.54) is 11.8 Å². The molecule has 1 aromatic carbocycles. The van der Waals surface area contributed by atoms with E-state index in [4.69, 9.17) is 4.74 Å². The maximum Gasteiger partial charge on any atom is 0.338 e. The van der Waals surface area contributed by atoms with E-state index in [-0.39, 0.29) is 23.7 Å². The molecule has 7 heteroatoms. The number of aryl methyl sites for hydroxylation is 1. The lowest BCUT2D eigenvalue weighted by Crippen LogP contribution is -2.15. The van der Waals surface area contributed by atoms with E-state index in [0.717, 1.165) is 23.1 Å². The molecule has 0 aliphatic heterocycles. The van der Waals surface area contributed by atoms with E-state index in [9.17, 15) is 9.59 Å². The fraction of sp³-hybridized carbons (Fsp3) is 0.476. The molecule has 0 aliphatic rings. The van der Waals surface area contributed by atoms with Gasteiger partial charge in [0, 0.05) is 17.9 Å². The molecule has 0 aliphatic carbocycles. The Labute approximate surface area is 171 Å². The summed E-state index contributed by atoms with van der Waals surface area (Å²) in [6, 6.07) is 6.70. The molecule has 0 radical (unpaired) electrons. The van der Waals surface area contributed by atoms with Crippen molar-refractivity contribution in [2.75, 3.05) is 11.1 Å². The molecular formula is C21H29N3O3S. The standard InChI is InChI=1S/C21H29N3O3S/c1-13(2)11-24-16(6)15(5)22-21(24)28-12-19(25)23-18-9-7-17(8-10-18)20(26)27-14(3)4/h7-10,13-14H,11-12H2,1-6H3,(H,23,25). The number of anilines is 1. The van der Waals surface area contributed by atoms with Gasteiger partial charge in [-0.2, -0.15) is 0 Å². The largest absolute Gasteiger partial charge is 0.459 e. The van der Waals surface area contributed by atoms with E-state index in [0.29, 0.717) is 17.2 Å². The zero-order valence-electron chi connectivity index (χ0n) is 17.4. The molecule has 2 rings (SSSR count). The van der Waals surface area contributed by atoms with Crippen molar-refractivity contribution >= 4 is 29.3 Å². The Kier molecular flexibility index (Phi) is 7.69. The highest BCUT2D eigenvalue weighted by atomic mass is 32.2. The number of benzene rings is 1. The van der Waals surface area contributed by atoms with Gasteiger partial charge in [-0.05, 0) is 57.9 Å². The number of thioether (sulfide) groups is 1. The minimum Gasteiger partial charge on any atom is -0.459 e. The number of amides is 1. The number of imidazole rings is 1. The summed E-state index contributed by atoms with van der Waals surface area (Å²) >= 11 is 1.43. The van der Waals surface area contributed by atoms with Gasteiger partial charge in [0.25, 0.3) is 0 Å². The lowest BCUT2D eigenvalue weighted by Gasteiger charge is -2.12. The number of nitrogens with zero attached hydrogens (tertiary/aromatic N) is 2. The molecule has 1 aromatic heterocycles. The average molecular weight is 404 g/mol. The van der Waals surface area contributed by atoms with Gasteiger partial charge in [0.2, 0.25) is 5.91 Å². The summed E-state index contributed by atoms with van der Waals surface area (Å²) in [5.41, 5.74) is 3.24. The van der Waals surface area contributed by atoms with Gasteiger partial charge in [-0.25, -0.2) is 9.78 Å². The SMILES string of the molecule is Cc1nc(SCC(=O)Nc2ccc(C(=O)OC(C)C)cc2)n(CC(C)C)c1C. The molecule has 28 heavy (non-hydrogen) atoms. The van der Waals surface area contributed by atoms with Gasteiger partial charge in [0.15, 0.2) is 5.16 Å². The van der Waals surface area contributed by atoms with Gasteiger partial charge < -0.3 is 14.6 Å². The number of ether oxygens (including phenoxy) is 1. The lowest BCUT2D eigenvalue weighted by molar-refractivity contribution is -0.113. The maximum atomic E-state index is 12.3. The van der Waals surface area contributed by atoms with Crippen LogP contribution < -0.4 is 5.32 Å². The highest BCUT2D eigenvalue weighted by molar-refractivity contribution is 7.99. The van der Waals surface area contributed by atoms with E-state index < -0.39 is 0 Å². The lowest BCUT2D eigenvalue weighted by atomic mass is 10.2. The predicted octanol–water partition coefficient (Wildman–Crippen LogP) is 4.45. The minimum absolute atomic E-state index is 0.114. The van der Waals surface area contributed by atoms with E-state index >= 15 is 0 Å². The van der Waals surface area contributed by atoms with Crippen molar-refractivity contribution in [3.8, 4) is 0 Å². The number of hydrogen-bond acceptors (Lipinski definition) is 5. The summed E-state index contributed by atoms with van der Waals surface area (Å²) in [5.74, 6) is 0.287. The van der Waals surface area contributed by atoms with Crippen molar-refractivity contribution in [2.24, 2.45) is 5.92 Å². The van der Waals surface area contributed by atoms with Gasteiger partial charge in [-0.1, -0.05) is 25.6 Å². The van der Waals surface area contributed by atoms with Crippen LogP contribution in [0, 0.1) is 19.8 Å². The van der Waals surface area contributed by atoms with Crippen LogP contribution in [0.25, 0.3) is 0 Å². The molecule has 1 heterocycles. The summed E-state index contributed by atoms with van der Waals surface area (Å²) in [5, 5.41) is 3.72. The zero-order chi connectivity index (χ0) is 20.8. The number of aromatic nitrogens is 2. The second-order valence-corrected chi connectivity index (χ2v) is 8.38. The molecule has 0 spiro atoms. The van der Waals surface area contributed by atoms with Crippen LogP contribution in [0.1, 0.15) is 49.4 Å². The smallest absolute Gasteiger partial charge is 0.338 e. The molecule has 0 unspecified atom stereocenters. The molecule has 1 N–H and O–H groups in total. The second-order valence-electron chi connectivity index (χ2n) is 7.44. The van der Waals surface area contributed by atoms with Crippen LogP contribution in [0.15, 0.2) is 29.4 Å². The topological polar surface area (TPSA) is 73.2 Å². The summed E-state index contributed by atoms with van der Waals surface area (Å²) in [6.45, 7) is 12.9. The highest BCUT2D eigenvalue weighted by Crippen LogP contribution is 2.23. The molecule has 2 aromatic rings. The number of hydrogen-bond donors (Lipinski definition) is 1. The second kappa shape index (κ2) is 9.78. The summed E-state index contributed by atoms with van der Waals surface area (Å²) in [7, 11) is 0. The van der Waals surface area contributed by atoms with E-state index in [1.807, 2.05) is 6.92 Å². The molecule has 0 bridgehead atoms. The molecule has 0 saturated heterocycles. The Hall–Kier alpha value is -2.28. The van der Waals surface area contributed by atoms with Gasteiger partial charge in [0.1, 0.15) is 0 Å². The predicted molar refractivity (Wildman–Crippen MR) is 113 cm³/mol. The van der Waals surface area contributed by atoms with Crippen molar-refractivity contribution in [3.05, 3.63) is 41.2 Å². The van der Waals surface area contributed by atoms with Gasteiger partial charge in [-0.15, -0.1) is 0 Å². The number of rotatable bonds is 8. The van der Waals surface area contributed by atoms with Crippen molar-refractivity contribution in [3.63, 3.8) is 0 Å². The van der Waals surface area contributed by atoms with Crippen molar-refractivity contribution < 1.29 is 14.3 Å². The summed E-state index contributed by atoms with van der Waals surface area (Å²) in [4.78, 5) is 28.8. The van der Waals surface area contributed by atoms with Gasteiger partial charge in [-0.3, -0.25) is 4.79 Å². The third-order valence-electron chi connectivity index (χ3n) is 4.05. The first kappa shape index (κ1) is 22.0. The fourth-order valence-corrected chi connectivity index (χ4v) is 3.51. The van der Waals surface area contributed by atoms with E-state index in [2.05, 4.69) is 35.6 Å². The number of carbonyl (C=O) groups is 2. The average Bonchev–Trinajstić information content (AvgIpc) is 2.87. The number of esters is 1. The first-order valence-corrected chi connectivity index (χ1v) is 10.4.